The number of amides is 2. The molecule has 0 saturated carbocycles. The van der Waals surface area contributed by atoms with E-state index in [1.807, 2.05) is 0 Å². The van der Waals surface area contributed by atoms with Gasteiger partial charge in [0.2, 0.25) is 10.0 Å². The molecule has 128 valence electrons. The molecular weight excluding hydrogens is 321 g/mol. The van der Waals surface area contributed by atoms with E-state index in [9.17, 15) is 17.6 Å². The highest BCUT2D eigenvalue weighted by Crippen LogP contribution is 2.17. The first-order chi connectivity index (χ1) is 10.8. The Morgan fingerprint density at radius 1 is 1.39 bits per heavy atom. The van der Waals surface area contributed by atoms with Crippen molar-refractivity contribution in [1.82, 2.24) is 14.9 Å². The predicted molar refractivity (Wildman–Crippen MR) is 85.8 cm³/mol. The predicted octanol–water partition coefficient (Wildman–Crippen LogP) is 1.44. The fraction of sp³-hybridized carbons (Fsp3) is 0.533. The van der Waals surface area contributed by atoms with Crippen LogP contribution in [0.2, 0.25) is 0 Å². The van der Waals surface area contributed by atoms with Crippen LogP contribution in [0.1, 0.15) is 24.8 Å². The molecule has 0 aromatic heterocycles. The summed E-state index contributed by atoms with van der Waals surface area (Å²) in [6.45, 7) is 1.04. The highest BCUT2D eigenvalue weighted by molar-refractivity contribution is 7.88. The summed E-state index contributed by atoms with van der Waals surface area (Å²) in [5.74, 6) is -0.343. The average molecular weight is 343 g/mol. The van der Waals surface area contributed by atoms with Gasteiger partial charge in [0.25, 0.3) is 0 Å². The van der Waals surface area contributed by atoms with E-state index in [1.54, 1.807) is 17.0 Å². The maximum atomic E-state index is 13.1. The molecule has 1 atom stereocenters. The van der Waals surface area contributed by atoms with Gasteiger partial charge in [-0.3, -0.25) is 0 Å². The SMILES string of the molecule is CS(=O)(=O)NCC1CCCCN1C(=O)NCc1cccc(F)c1. The summed E-state index contributed by atoms with van der Waals surface area (Å²) < 4.78 is 38.0. The van der Waals surface area contributed by atoms with Gasteiger partial charge in [0, 0.05) is 25.7 Å². The number of hydrogen-bond acceptors (Lipinski definition) is 3. The van der Waals surface area contributed by atoms with Crippen molar-refractivity contribution in [3.05, 3.63) is 35.6 Å². The summed E-state index contributed by atoms with van der Waals surface area (Å²) in [5.41, 5.74) is 0.682. The zero-order valence-electron chi connectivity index (χ0n) is 13.1. The summed E-state index contributed by atoms with van der Waals surface area (Å²) in [4.78, 5) is 14.0. The Hall–Kier alpha value is -1.67. The lowest BCUT2D eigenvalue weighted by Crippen LogP contribution is -2.52. The van der Waals surface area contributed by atoms with Gasteiger partial charge >= 0.3 is 6.03 Å². The van der Waals surface area contributed by atoms with Crippen LogP contribution in [-0.4, -0.2) is 44.7 Å². The van der Waals surface area contributed by atoms with Gasteiger partial charge in [0.05, 0.1) is 6.26 Å². The Kier molecular flexibility index (Phi) is 5.95. The van der Waals surface area contributed by atoms with Crippen molar-refractivity contribution in [1.29, 1.82) is 0 Å². The number of urea groups is 1. The molecule has 1 unspecified atom stereocenters. The van der Waals surface area contributed by atoms with Gasteiger partial charge in [0.15, 0.2) is 0 Å². The maximum absolute atomic E-state index is 13.1. The van der Waals surface area contributed by atoms with Crippen LogP contribution in [0.5, 0.6) is 0 Å². The smallest absolute Gasteiger partial charge is 0.317 e. The van der Waals surface area contributed by atoms with E-state index in [1.165, 1.54) is 12.1 Å². The summed E-state index contributed by atoms with van der Waals surface area (Å²) in [5, 5.41) is 2.77. The normalized spacial score (nSPS) is 18.7. The zero-order chi connectivity index (χ0) is 16.9. The van der Waals surface area contributed by atoms with Gasteiger partial charge < -0.3 is 10.2 Å². The number of rotatable bonds is 5. The van der Waals surface area contributed by atoms with Crippen molar-refractivity contribution >= 4 is 16.1 Å². The Balaban J connectivity index is 1.92. The van der Waals surface area contributed by atoms with Crippen LogP contribution in [0.15, 0.2) is 24.3 Å². The van der Waals surface area contributed by atoms with E-state index < -0.39 is 10.0 Å². The van der Waals surface area contributed by atoms with E-state index in [-0.39, 0.29) is 31.0 Å². The molecule has 1 aromatic rings. The van der Waals surface area contributed by atoms with Gasteiger partial charge in [0.1, 0.15) is 5.82 Å². The third-order valence-electron chi connectivity index (χ3n) is 3.80. The second kappa shape index (κ2) is 7.74. The average Bonchev–Trinajstić information content (AvgIpc) is 2.50. The van der Waals surface area contributed by atoms with Crippen molar-refractivity contribution in [3.8, 4) is 0 Å². The topological polar surface area (TPSA) is 78.5 Å². The molecule has 1 aliphatic heterocycles. The molecule has 0 radical (unpaired) electrons. The van der Waals surface area contributed by atoms with Gasteiger partial charge in [-0.15, -0.1) is 0 Å². The lowest BCUT2D eigenvalue weighted by Gasteiger charge is -2.35. The Bertz CT molecular complexity index is 651. The standard InChI is InChI=1S/C15H22FN3O3S/c1-23(21,22)18-11-14-7-2-3-8-19(14)15(20)17-10-12-5-4-6-13(16)9-12/h4-6,9,14,18H,2-3,7-8,10-11H2,1H3,(H,17,20). The number of halogens is 1. The Morgan fingerprint density at radius 3 is 2.87 bits per heavy atom. The van der Waals surface area contributed by atoms with Crippen molar-refractivity contribution < 1.29 is 17.6 Å². The minimum Gasteiger partial charge on any atom is -0.334 e. The summed E-state index contributed by atoms with van der Waals surface area (Å²) >= 11 is 0. The molecule has 2 N–H and O–H groups in total. The number of carbonyl (C=O) groups excluding carboxylic acids is 1. The molecule has 0 spiro atoms. The molecule has 0 aliphatic carbocycles. The summed E-state index contributed by atoms with van der Waals surface area (Å²) in [6, 6.07) is 5.64. The highest BCUT2D eigenvalue weighted by atomic mass is 32.2. The van der Waals surface area contributed by atoms with Crippen LogP contribution >= 0.6 is 0 Å². The summed E-state index contributed by atoms with van der Waals surface area (Å²) in [7, 11) is -3.28. The molecular formula is C15H22FN3O3S. The number of piperidine rings is 1. The van der Waals surface area contributed by atoms with E-state index in [2.05, 4.69) is 10.0 Å². The van der Waals surface area contributed by atoms with E-state index in [4.69, 9.17) is 0 Å². The molecule has 1 aromatic carbocycles. The first kappa shape index (κ1) is 17.7. The molecule has 2 amide bonds. The molecule has 1 fully saturated rings. The van der Waals surface area contributed by atoms with Gasteiger partial charge in [-0.25, -0.2) is 22.3 Å². The second-order valence-corrected chi connectivity index (χ2v) is 7.59. The van der Waals surface area contributed by atoms with Crippen LogP contribution in [0.3, 0.4) is 0 Å². The van der Waals surface area contributed by atoms with Gasteiger partial charge in [-0.05, 0) is 37.0 Å². The number of hydrogen-bond donors (Lipinski definition) is 2. The largest absolute Gasteiger partial charge is 0.334 e. The number of nitrogens with one attached hydrogen (secondary N) is 2. The van der Waals surface area contributed by atoms with Crippen LogP contribution < -0.4 is 10.0 Å². The second-order valence-electron chi connectivity index (χ2n) is 5.75. The molecule has 2 rings (SSSR count). The summed E-state index contributed by atoms with van der Waals surface area (Å²) in [6.07, 6.45) is 3.71. The highest BCUT2D eigenvalue weighted by Gasteiger charge is 2.27. The Labute approximate surface area is 136 Å². The molecule has 23 heavy (non-hydrogen) atoms. The van der Waals surface area contributed by atoms with Gasteiger partial charge in [-0.1, -0.05) is 12.1 Å². The quantitative estimate of drug-likeness (QED) is 0.849. The fourth-order valence-corrected chi connectivity index (χ4v) is 3.15. The van der Waals surface area contributed by atoms with Crippen molar-refractivity contribution in [2.45, 2.75) is 31.8 Å². The molecule has 6 nitrogen and oxygen atoms in total. The molecule has 0 bridgehead atoms. The minimum absolute atomic E-state index is 0.161. The van der Waals surface area contributed by atoms with Crippen LogP contribution in [-0.2, 0) is 16.6 Å². The maximum Gasteiger partial charge on any atom is 0.317 e. The number of carbonyl (C=O) groups is 1. The van der Waals surface area contributed by atoms with Crippen molar-refractivity contribution in [2.24, 2.45) is 0 Å². The molecule has 8 heteroatoms. The lowest BCUT2D eigenvalue weighted by atomic mass is 10.0. The lowest BCUT2D eigenvalue weighted by molar-refractivity contribution is 0.152. The molecule has 1 heterocycles. The molecule has 1 saturated heterocycles. The van der Waals surface area contributed by atoms with Gasteiger partial charge in [-0.2, -0.15) is 0 Å². The van der Waals surface area contributed by atoms with Crippen molar-refractivity contribution in [2.75, 3.05) is 19.3 Å². The van der Waals surface area contributed by atoms with E-state index in [0.29, 0.717) is 12.1 Å². The number of nitrogens with zero attached hydrogens (tertiary/aromatic N) is 1. The number of likely N-dealkylation sites (tertiary alicyclic amines) is 1. The third-order valence-corrected chi connectivity index (χ3v) is 4.49. The molecule has 1 aliphatic rings. The zero-order valence-corrected chi connectivity index (χ0v) is 13.9. The number of benzene rings is 1. The first-order valence-corrected chi connectivity index (χ1v) is 9.48. The van der Waals surface area contributed by atoms with Crippen LogP contribution in [0.25, 0.3) is 0 Å². The minimum atomic E-state index is -3.28. The fourth-order valence-electron chi connectivity index (χ4n) is 2.65. The monoisotopic (exact) mass is 343 g/mol. The van der Waals surface area contributed by atoms with Crippen molar-refractivity contribution in [3.63, 3.8) is 0 Å². The van der Waals surface area contributed by atoms with E-state index >= 15 is 0 Å². The van der Waals surface area contributed by atoms with Crippen LogP contribution in [0, 0.1) is 5.82 Å². The Morgan fingerprint density at radius 2 is 2.17 bits per heavy atom. The first-order valence-electron chi connectivity index (χ1n) is 7.59. The number of sulfonamides is 1. The van der Waals surface area contributed by atoms with Crippen LogP contribution in [0.4, 0.5) is 9.18 Å². The third kappa shape index (κ3) is 5.80. The van der Waals surface area contributed by atoms with E-state index in [0.717, 1.165) is 25.5 Å².